The van der Waals surface area contributed by atoms with Crippen molar-refractivity contribution in [3.8, 4) is 0 Å². The fourth-order valence-corrected chi connectivity index (χ4v) is 4.67. The first-order chi connectivity index (χ1) is 22.5. The van der Waals surface area contributed by atoms with Crippen LogP contribution in [0, 0.1) is 20.2 Å². The maximum Gasteiger partial charge on any atom is 0.508 e. The van der Waals surface area contributed by atoms with E-state index in [0.717, 1.165) is 5.69 Å². The van der Waals surface area contributed by atoms with Crippen molar-refractivity contribution in [2.75, 3.05) is 31.2 Å². The molecular formula is C32H35N3O12. The monoisotopic (exact) mass is 653 g/mol. The minimum Gasteiger partial charge on any atom is -0.481 e. The van der Waals surface area contributed by atoms with Gasteiger partial charge in [0.25, 0.3) is 11.4 Å². The number of carbonyl (C=O) groups is 3. The van der Waals surface area contributed by atoms with Crippen molar-refractivity contribution < 1.29 is 48.3 Å². The minimum absolute atomic E-state index is 0.0254. The molecule has 2 unspecified atom stereocenters. The van der Waals surface area contributed by atoms with E-state index in [2.05, 4.69) is 0 Å². The molecule has 15 heteroatoms. The summed E-state index contributed by atoms with van der Waals surface area (Å²) in [5, 5.41) is 31.6. The van der Waals surface area contributed by atoms with E-state index in [4.69, 9.17) is 24.1 Å². The normalized spacial score (nSPS) is 11.9. The Morgan fingerprint density at radius 1 is 0.723 bits per heavy atom. The standard InChI is InChI=1S/C32H35N3O12/c1-22(26-9-3-5-11-28(26)34(40)41)46-31(38)44-19-7-17-33(25-15-13-24(14-16-25)21-30(36)37)18-8-20-45-32(39)47-23(2)27-10-4-6-12-29(27)35(42)43/h3-6,9-16,22-23H,7-8,17-21H2,1-2H3,(H,36,37). The van der Waals surface area contributed by atoms with Crippen LogP contribution in [0.2, 0.25) is 0 Å². The molecule has 0 aliphatic rings. The number of hydrogen-bond acceptors (Lipinski definition) is 12. The first-order valence-electron chi connectivity index (χ1n) is 14.7. The van der Waals surface area contributed by atoms with Crippen LogP contribution in [0.4, 0.5) is 26.7 Å². The van der Waals surface area contributed by atoms with Crippen molar-refractivity contribution in [2.24, 2.45) is 0 Å². The Morgan fingerprint density at radius 2 is 1.15 bits per heavy atom. The second-order valence-corrected chi connectivity index (χ2v) is 10.3. The molecule has 3 aromatic carbocycles. The van der Waals surface area contributed by atoms with Crippen LogP contribution in [0.1, 0.15) is 55.6 Å². The fraction of sp³-hybridized carbons (Fsp3) is 0.344. The summed E-state index contributed by atoms with van der Waals surface area (Å²) in [5.41, 5.74) is 1.47. The van der Waals surface area contributed by atoms with Crippen molar-refractivity contribution in [3.05, 3.63) is 110 Å². The first-order valence-corrected chi connectivity index (χ1v) is 14.7. The van der Waals surface area contributed by atoms with Gasteiger partial charge in [-0.1, -0.05) is 36.4 Å². The predicted octanol–water partition coefficient (Wildman–Crippen LogP) is 6.55. The molecule has 0 aliphatic heterocycles. The van der Waals surface area contributed by atoms with Gasteiger partial charge in [-0.25, -0.2) is 9.59 Å². The molecule has 1 N–H and O–H groups in total. The fourth-order valence-electron chi connectivity index (χ4n) is 4.67. The van der Waals surface area contributed by atoms with E-state index >= 15 is 0 Å². The summed E-state index contributed by atoms with van der Waals surface area (Å²) in [4.78, 5) is 59.0. The molecule has 0 radical (unpaired) electrons. The molecule has 0 aromatic heterocycles. The number of rotatable bonds is 17. The Balaban J connectivity index is 1.52. The molecule has 15 nitrogen and oxygen atoms in total. The molecule has 250 valence electrons. The number of carboxylic acid groups (broad SMARTS) is 1. The number of hydrogen-bond donors (Lipinski definition) is 1. The van der Waals surface area contributed by atoms with Crippen molar-refractivity contribution in [1.82, 2.24) is 0 Å². The molecule has 0 spiro atoms. The van der Waals surface area contributed by atoms with Gasteiger partial charge in [0.1, 0.15) is 12.2 Å². The van der Waals surface area contributed by atoms with Crippen LogP contribution in [0.5, 0.6) is 0 Å². The van der Waals surface area contributed by atoms with Gasteiger partial charge in [0.05, 0.1) is 40.6 Å². The lowest BCUT2D eigenvalue weighted by atomic mass is 10.1. The van der Waals surface area contributed by atoms with Crippen LogP contribution < -0.4 is 4.90 Å². The Labute approximate surface area is 269 Å². The van der Waals surface area contributed by atoms with E-state index in [-0.39, 0.29) is 42.1 Å². The predicted molar refractivity (Wildman–Crippen MR) is 167 cm³/mol. The molecule has 0 saturated heterocycles. The highest BCUT2D eigenvalue weighted by molar-refractivity contribution is 5.70. The molecule has 0 heterocycles. The highest BCUT2D eigenvalue weighted by Crippen LogP contribution is 2.28. The Hall–Kier alpha value is -5.73. The molecule has 3 rings (SSSR count). The Bertz CT molecular complexity index is 1460. The second-order valence-electron chi connectivity index (χ2n) is 10.3. The summed E-state index contributed by atoms with van der Waals surface area (Å²) < 4.78 is 20.8. The van der Waals surface area contributed by atoms with Crippen LogP contribution in [0.25, 0.3) is 0 Å². The highest BCUT2D eigenvalue weighted by Gasteiger charge is 2.23. The third-order valence-corrected chi connectivity index (χ3v) is 6.93. The van der Waals surface area contributed by atoms with Crippen molar-refractivity contribution >= 4 is 35.3 Å². The number of nitro benzene ring substituents is 2. The van der Waals surface area contributed by atoms with Gasteiger partial charge >= 0.3 is 18.3 Å². The van der Waals surface area contributed by atoms with Gasteiger partial charge in [0, 0.05) is 30.9 Å². The van der Waals surface area contributed by atoms with Gasteiger partial charge < -0.3 is 29.0 Å². The van der Waals surface area contributed by atoms with Crippen molar-refractivity contribution in [3.63, 3.8) is 0 Å². The van der Waals surface area contributed by atoms with Gasteiger partial charge in [-0.05, 0) is 56.5 Å². The molecule has 47 heavy (non-hydrogen) atoms. The average molecular weight is 654 g/mol. The lowest BCUT2D eigenvalue weighted by molar-refractivity contribution is -0.386. The SMILES string of the molecule is CC(OC(=O)OCCCN(CCCOC(=O)OC(C)c1ccccc1[N+](=O)[O-])c1ccc(CC(=O)O)cc1)c1ccccc1[N+](=O)[O-]. The van der Waals surface area contributed by atoms with E-state index in [1.165, 1.54) is 50.2 Å². The second kappa shape index (κ2) is 17.7. The number of nitrogens with zero attached hydrogens (tertiary/aromatic N) is 3. The van der Waals surface area contributed by atoms with Crippen LogP contribution in [0.15, 0.2) is 72.8 Å². The first kappa shape index (κ1) is 35.7. The maximum absolute atomic E-state index is 12.3. The largest absolute Gasteiger partial charge is 0.508 e. The maximum atomic E-state index is 12.3. The molecular weight excluding hydrogens is 618 g/mol. The van der Waals surface area contributed by atoms with E-state index in [1.807, 2.05) is 4.90 Å². The van der Waals surface area contributed by atoms with Gasteiger partial charge in [-0.15, -0.1) is 0 Å². The van der Waals surface area contributed by atoms with Crippen LogP contribution in [-0.4, -0.2) is 59.5 Å². The zero-order valence-corrected chi connectivity index (χ0v) is 25.8. The van der Waals surface area contributed by atoms with Crippen molar-refractivity contribution in [1.29, 1.82) is 0 Å². The third kappa shape index (κ3) is 11.3. The van der Waals surface area contributed by atoms with Crippen LogP contribution in [0.3, 0.4) is 0 Å². The average Bonchev–Trinajstić information content (AvgIpc) is 3.04. The molecule has 0 amide bonds. The summed E-state index contributed by atoms with van der Waals surface area (Å²) in [7, 11) is 0. The molecule has 2 atom stereocenters. The number of anilines is 1. The topological polar surface area (TPSA) is 198 Å². The number of carboxylic acids is 1. The molecule has 0 saturated carbocycles. The number of para-hydroxylation sites is 2. The molecule has 3 aromatic rings. The molecule has 0 aliphatic carbocycles. The van der Waals surface area contributed by atoms with Crippen molar-refractivity contribution in [2.45, 2.75) is 45.3 Å². The van der Waals surface area contributed by atoms with Gasteiger partial charge in [0.15, 0.2) is 0 Å². The molecule has 0 bridgehead atoms. The highest BCUT2D eigenvalue weighted by atomic mass is 16.7. The number of carbonyl (C=O) groups excluding carboxylic acids is 2. The Morgan fingerprint density at radius 3 is 1.55 bits per heavy atom. The number of aliphatic carboxylic acids is 1. The number of ether oxygens (including phenoxy) is 4. The quantitative estimate of drug-likeness (QED) is 0.0713. The van der Waals surface area contributed by atoms with E-state index < -0.39 is 40.3 Å². The van der Waals surface area contributed by atoms with E-state index in [9.17, 15) is 34.6 Å². The van der Waals surface area contributed by atoms with E-state index in [1.54, 1.807) is 36.4 Å². The minimum atomic E-state index is -0.984. The summed E-state index contributed by atoms with van der Waals surface area (Å²) in [6, 6.07) is 18.7. The van der Waals surface area contributed by atoms with Gasteiger partial charge in [-0.3, -0.25) is 25.0 Å². The van der Waals surface area contributed by atoms with Gasteiger partial charge in [-0.2, -0.15) is 0 Å². The third-order valence-electron chi connectivity index (χ3n) is 6.93. The summed E-state index contributed by atoms with van der Waals surface area (Å²) in [6.07, 6.45) is -3.21. The summed E-state index contributed by atoms with van der Waals surface area (Å²) in [6.45, 7) is 3.74. The van der Waals surface area contributed by atoms with E-state index in [0.29, 0.717) is 31.5 Å². The zero-order valence-electron chi connectivity index (χ0n) is 25.8. The lowest BCUT2D eigenvalue weighted by Crippen LogP contribution is -2.28. The van der Waals surface area contributed by atoms with Crippen LogP contribution >= 0.6 is 0 Å². The summed E-state index contributed by atoms with van der Waals surface area (Å²) >= 11 is 0. The molecule has 0 fully saturated rings. The lowest BCUT2D eigenvalue weighted by Gasteiger charge is -2.25. The zero-order chi connectivity index (χ0) is 34.3. The smallest absolute Gasteiger partial charge is 0.481 e. The van der Waals surface area contributed by atoms with Crippen LogP contribution in [-0.2, 0) is 30.2 Å². The number of nitro groups is 2. The van der Waals surface area contributed by atoms with Gasteiger partial charge in [0.2, 0.25) is 0 Å². The number of benzene rings is 3. The Kier molecular flexibility index (Phi) is 13.4. The summed E-state index contributed by atoms with van der Waals surface area (Å²) in [5.74, 6) is -0.963.